The van der Waals surface area contributed by atoms with Crippen LogP contribution in [0.15, 0.2) is 29.2 Å². The van der Waals surface area contributed by atoms with Gasteiger partial charge in [0.1, 0.15) is 6.04 Å². The van der Waals surface area contributed by atoms with Crippen molar-refractivity contribution in [3.05, 3.63) is 29.8 Å². The van der Waals surface area contributed by atoms with Crippen molar-refractivity contribution in [1.82, 2.24) is 4.90 Å². The molecule has 1 aromatic carbocycles. The number of amides is 1. The first-order valence-electron chi connectivity index (χ1n) is 6.50. The molecular weight excluding hydrogens is 300 g/mol. The topological polar surface area (TPSA) is 57.6 Å². The number of aliphatic carboxylic acids is 1. The number of nitrogens with zero attached hydrogens (tertiary/aromatic N) is 1. The Balaban J connectivity index is 2.15. The zero-order valence-electron chi connectivity index (χ0n) is 11.3. The van der Waals surface area contributed by atoms with E-state index >= 15 is 0 Å². The van der Waals surface area contributed by atoms with Gasteiger partial charge in [-0.3, -0.25) is 4.79 Å². The van der Waals surface area contributed by atoms with Crippen LogP contribution in [0.25, 0.3) is 0 Å². The number of halogens is 2. The lowest BCUT2D eigenvalue weighted by Crippen LogP contribution is -2.44. The van der Waals surface area contributed by atoms with E-state index in [-0.39, 0.29) is 11.9 Å². The Kier molecular flexibility index (Phi) is 4.82. The second-order valence-corrected chi connectivity index (χ2v) is 5.92. The highest BCUT2D eigenvalue weighted by atomic mass is 32.2. The molecule has 1 atom stereocenters. The van der Waals surface area contributed by atoms with Crippen molar-refractivity contribution in [2.24, 2.45) is 0 Å². The fourth-order valence-electron chi connectivity index (χ4n) is 2.06. The average molecular weight is 315 g/mol. The molecule has 2 rings (SSSR count). The van der Waals surface area contributed by atoms with Crippen molar-refractivity contribution in [3.63, 3.8) is 0 Å². The molecule has 1 aromatic rings. The Morgan fingerprint density at radius 3 is 2.29 bits per heavy atom. The van der Waals surface area contributed by atoms with Gasteiger partial charge in [0, 0.05) is 16.5 Å². The number of hydrogen-bond acceptors (Lipinski definition) is 3. The summed E-state index contributed by atoms with van der Waals surface area (Å²) in [6, 6.07) is 4.86. The molecule has 0 spiro atoms. The lowest BCUT2D eigenvalue weighted by atomic mass is 10.1. The molecule has 0 heterocycles. The summed E-state index contributed by atoms with van der Waals surface area (Å²) < 4.78 is 24.5. The van der Waals surface area contributed by atoms with E-state index in [2.05, 4.69) is 0 Å². The number of carboxylic acid groups (broad SMARTS) is 1. The molecule has 0 radical (unpaired) electrons. The predicted molar refractivity (Wildman–Crippen MR) is 74.6 cm³/mol. The van der Waals surface area contributed by atoms with Gasteiger partial charge in [-0.15, -0.1) is 0 Å². The Morgan fingerprint density at radius 2 is 1.86 bits per heavy atom. The Bertz CT molecular complexity index is 532. The summed E-state index contributed by atoms with van der Waals surface area (Å²) in [6.07, 6.45) is 1.59. The van der Waals surface area contributed by atoms with Gasteiger partial charge >= 0.3 is 5.97 Å². The zero-order chi connectivity index (χ0) is 15.6. The van der Waals surface area contributed by atoms with E-state index in [1.807, 2.05) is 0 Å². The number of alkyl halides is 2. The van der Waals surface area contributed by atoms with Crippen molar-refractivity contribution in [2.75, 3.05) is 0 Å². The highest BCUT2D eigenvalue weighted by Crippen LogP contribution is 2.31. The molecule has 0 saturated heterocycles. The van der Waals surface area contributed by atoms with Gasteiger partial charge in [-0.25, -0.2) is 4.79 Å². The summed E-state index contributed by atoms with van der Waals surface area (Å²) in [6.45, 7) is 1.47. The van der Waals surface area contributed by atoms with Crippen LogP contribution in [0.2, 0.25) is 0 Å². The first-order valence-corrected chi connectivity index (χ1v) is 7.38. The molecule has 1 N–H and O–H groups in total. The number of carboxylic acids is 1. The molecule has 1 fully saturated rings. The molecule has 4 nitrogen and oxygen atoms in total. The molecule has 1 aliphatic carbocycles. The molecule has 0 aromatic heterocycles. The molecule has 1 unspecified atom stereocenters. The van der Waals surface area contributed by atoms with Gasteiger partial charge < -0.3 is 10.0 Å². The highest BCUT2D eigenvalue weighted by Gasteiger charge is 2.38. The Hall–Kier alpha value is -1.63. The number of benzene rings is 1. The van der Waals surface area contributed by atoms with Crippen LogP contribution in [0.4, 0.5) is 8.78 Å². The number of rotatable bonds is 6. The standard InChI is InChI=1S/C14H15F2NO3S/c1-8(13(19)20)17(10-4-5-10)12(18)9-2-6-11(7-3-9)21-14(15)16/h2-3,6-8,10,14H,4-5H2,1H3,(H,19,20). The number of carbonyl (C=O) groups excluding carboxylic acids is 1. The van der Waals surface area contributed by atoms with E-state index in [1.165, 1.54) is 36.1 Å². The van der Waals surface area contributed by atoms with Gasteiger partial charge in [0.15, 0.2) is 0 Å². The Labute approximate surface area is 125 Å². The molecule has 0 bridgehead atoms. The van der Waals surface area contributed by atoms with Gasteiger partial charge in [-0.05, 0) is 44.0 Å². The normalized spacial score (nSPS) is 15.8. The first kappa shape index (κ1) is 15.8. The molecule has 7 heteroatoms. The minimum Gasteiger partial charge on any atom is -0.480 e. The van der Waals surface area contributed by atoms with E-state index in [9.17, 15) is 18.4 Å². The van der Waals surface area contributed by atoms with E-state index in [4.69, 9.17) is 5.11 Å². The van der Waals surface area contributed by atoms with Gasteiger partial charge in [-0.2, -0.15) is 8.78 Å². The minimum atomic E-state index is -2.51. The van der Waals surface area contributed by atoms with Gasteiger partial charge in [0.25, 0.3) is 11.7 Å². The maximum Gasteiger partial charge on any atom is 0.326 e. The van der Waals surface area contributed by atoms with Crippen LogP contribution < -0.4 is 0 Å². The molecule has 0 aliphatic heterocycles. The third-order valence-electron chi connectivity index (χ3n) is 3.28. The number of carbonyl (C=O) groups is 2. The Morgan fingerprint density at radius 1 is 1.29 bits per heavy atom. The molecule has 1 saturated carbocycles. The number of hydrogen-bond donors (Lipinski definition) is 1. The third-order valence-corrected chi connectivity index (χ3v) is 4.00. The van der Waals surface area contributed by atoms with Crippen LogP contribution in [-0.4, -0.2) is 39.7 Å². The van der Waals surface area contributed by atoms with E-state index < -0.39 is 17.8 Å². The van der Waals surface area contributed by atoms with Gasteiger partial charge in [0.2, 0.25) is 0 Å². The molecular formula is C14H15F2NO3S. The van der Waals surface area contributed by atoms with Crippen molar-refractivity contribution in [3.8, 4) is 0 Å². The largest absolute Gasteiger partial charge is 0.480 e. The average Bonchev–Trinajstić information content (AvgIpc) is 3.23. The fourth-order valence-corrected chi connectivity index (χ4v) is 2.56. The molecule has 21 heavy (non-hydrogen) atoms. The van der Waals surface area contributed by atoms with Crippen LogP contribution in [0.5, 0.6) is 0 Å². The molecule has 114 valence electrons. The molecule has 1 aliphatic rings. The van der Waals surface area contributed by atoms with Gasteiger partial charge in [-0.1, -0.05) is 11.8 Å². The highest BCUT2D eigenvalue weighted by molar-refractivity contribution is 7.99. The maximum atomic E-state index is 12.4. The van der Waals surface area contributed by atoms with E-state index in [0.717, 1.165) is 12.8 Å². The minimum absolute atomic E-state index is 0.0429. The second-order valence-electron chi connectivity index (χ2n) is 4.86. The summed E-state index contributed by atoms with van der Waals surface area (Å²) in [4.78, 5) is 25.2. The van der Waals surface area contributed by atoms with Crippen molar-refractivity contribution in [1.29, 1.82) is 0 Å². The fraction of sp³-hybridized carbons (Fsp3) is 0.429. The SMILES string of the molecule is CC(C(=O)O)N(C(=O)c1ccc(SC(F)F)cc1)C1CC1. The predicted octanol–water partition coefficient (Wildman–Crippen LogP) is 3.08. The van der Waals surface area contributed by atoms with Crippen molar-refractivity contribution >= 4 is 23.6 Å². The van der Waals surface area contributed by atoms with E-state index in [0.29, 0.717) is 22.2 Å². The summed E-state index contributed by atoms with van der Waals surface area (Å²) in [5, 5.41) is 9.09. The van der Waals surface area contributed by atoms with Gasteiger partial charge in [0.05, 0.1) is 0 Å². The van der Waals surface area contributed by atoms with Crippen molar-refractivity contribution < 1.29 is 23.5 Å². The van der Waals surface area contributed by atoms with Crippen molar-refractivity contribution in [2.45, 2.75) is 42.5 Å². The summed E-state index contributed by atoms with van der Waals surface area (Å²) in [5.74, 6) is -3.94. The quantitative estimate of drug-likeness (QED) is 0.820. The van der Waals surface area contributed by atoms with Crippen LogP contribution in [0.1, 0.15) is 30.1 Å². The van der Waals surface area contributed by atoms with Crippen LogP contribution in [-0.2, 0) is 4.79 Å². The molecule has 1 amide bonds. The van der Waals surface area contributed by atoms with Crippen LogP contribution >= 0.6 is 11.8 Å². The van der Waals surface area contributed by atoms with Crippen LogP contribution in [0.3, 0.4) is 0 Å². The summed E-state index contributed by atoms with van der Waals surface area (Å²) in [5.41, 5.74) is 0.314. The lowest BCUT2D eigenvalue weighted by molar-refractivity contribution is -0.141. The second kappa shape index (κ2) is 6.43. The zero-order valence-corrected chi connectivity index (χ0v) is 12.1. The third kappa shape index (κ3) is 3.93. The maximum absolute atomic E-state index is 12.4. The first-order chi connectivity index (χ1) is 9.90. The van der Waals surface area contributed by atoms with E-state index in [1.54, 1.807) is 0 Å². The summed E-state index contributed by atoms with van der Waals surface area (Å²) >= 11 is 0.405. The lowest BCUT2D eigenvalue weighted by Gasteiger charge is -2.26. The van der Waals surface area contributed by atoms with Crippen LogP contribution in [0, 0.1) is 0 Å². The number of thioether (sulfide) groups is 1. The summed E-state index contributed by atoms with van der Waals surface area (Å²) in [7, 11) is 0. The smallest absolute Gasteiger partial charge is 0.326 e. The monoisotopic (exact) mass is 315 g/mol.